The van der Waals surface area contributed by atoms with E-state index in [0.717, 1.165) is 0 Å². The number of nitrogen functional groups attached to an aromatic ring is 1. The van der Waals surface area contributed by atoms with Crippen molar-refractivity contribution in [1.29, 1.82) is 0 Å². The molecule has 1 aliphatic rings. The maximum absolute atomic E-state index is 12.0. The molecule has 0 radical (unpaired) electrons. The van der Waals surface area contributed by atoms with Crippen molar-refractivity contribution in [2.24, 2.45) is 11.1 Å². The van der Waals surface area contributed by atoms with Crippen LogP contribution in [0, 0.1) is 5.41 Å². The number of aromatic amines is 1. The first-order chi connectivity index (χ1) is 13.1. The zero-order chi connectivity index (χ0) is 20.7. The van der Waals surface area contributed by atoms with Gasteiger partial charge in [0.05, 0.1) is 19.4 Å². The Morgan fingerprint density at radius 2 is 2.29 bits per heavy atom. The fourth-order valence-corrected chi connectivity index (χ4v) is 3.87. The molecule has 0 bridgehead atoms. The molecule has 0 aromatic carbocycles. The van der Waals surface area contributed by atoms with Crippen molar-refractivity contribution < 1.29 is 29.0 Å². The molecule has 2 heterocycles. The molecule has 14 heteroatoms. The molecule has 3 atom stereocenters. The second-order valence-corrected chi connectivity index (χ2v) is 8.48. The Morgan fingerprint density at radius 1 is 1.57 bits per heavy atom. The third-order valence-electron chi connectivity index (χ3n) is 4.42. The molecule has 152 valence electrons. The first kappa shape index (κ1) is 20.2. The van der Waals surface area contributed by atoms with Crippen LogP contribution in [-0.2, 0) is 13.9 Å². The number of fused-ring (bicyclic) bond motifs is 1. The maximum Gasteiger partial charge on any atom is 0.330 e. The van der Waals surface area contributed by atoms with Gasteiger partial charge >= 0.3 is 13.6 Å². The SMILES string of the molecule is Nc1nc2c(ncn2/C=C2/C[C@]2(CO)COP(=O)(O)C[C@H](N)C(=O)O)c(=O)[nH]1. The van der Waals surface area contributed by atoms with Crippen LogP contribution in [0.1, 0.15) is 6.42 Å². The predicted molar refractivity (Wildman–Crippen MR) is 97.2 cm³/mol. The number of rotatable bonds is 8. The number of nitrogens with two attached hydrogens (primary N) is 2. The fraction of sp³-hybridized carbons (Fsp3) is 0.429. The summed E-state index contributed by atoms with van der Waals surface area (Å²) in [5, 5.41) is 18.4. The van der Waals surface area contributed by atoms with E-state index in [0.29, 0.717) is 12.0 Å². The maximum atomic E-state index is 12.0. The number of carboxylic acid groups (broad SMARTS) is 1. The van der Waals surface area contributed by atoms with Crippen LogP contribution in [0.2, 0.25) is 0 Å². The first-order valence-corrected chi connectivity index (χ1v) is 9.82. The van der Waals surface area contributed by atoms with Gasteiger partial charge in [-0.15, -0.1) is 0 Å². The van der Waals surface area contributed by atoms with Gasteiger partial charge in [0.25, 0.3) is 5.56 Å². The molecule has 13 nitrogen and oxygen atoms in total. The topological polar surface area (TPSA) is 220 Å². The van der Waals surface area contributed by atoms with Crippen molar-refractivity contribution in [1.82, 2.24) is 19.5 Å². The molecule has 1 fully saturated rings. The van der Waals surface area contributed by atoms with Crippen molar-refractivity contribution >= 4 is 36.9 Å². The number of H-pyrrole nitrogens is 1. The van der Waals surface area contributed by atoms with E-state index in [2.05, 4.69) is 15.0 Å². The number of anilines is 1. The Kier molecular flexibility index (Phi) is 5.12. The van der Waals surface area contributed by atoms with E-state index >= 15 is 0 Å². The lowest BCUT2D eigenvalue weighted by Gasteiger charge is -2.18. The largest absolute Gasteiger partial charge is 0.480 e. The number of aromatic nitrogens is 4. The minimum Gasteiger partial charge on any atom is -0.480 e. The number of carboxylic acids is 1. The number of nitrogens with one attached hydrogen (secondary N) is 1. The van der Waals surface area contributed by atoms with Crippen LogP contribution in [0.5, 0.6) is 0 Å². The Balaban J connectivity index is 1.77. The second-order valence-electron chi connectivity index (χ2n) is 6.58. The average Bonchev–Trinajstić information content (AvgIpc) is 3.15. The summed E-state index contributed by atoms with van der Waals surface area (Å²) >= 11 is 0. The number of nitrogens with zero attached hydrogens (tertiary/aromatic N) is 3. The van der Waals surface area contributed by atoms with Crippen molar-refractivity contribution in [3.05, 3.63) is 22.3 Å². The number of imidazole rings is 1. The minimum absolute atomic E-state index is 0.0822. The van der Waals surface area contributed by atoms with Crippen LogP contribution >= 0.6 is 7.60 Å². The Hall–Kier alpha value is -2.57. The fourth-order valence-electron chi connectivity index (χ4n) is 2.66. The van der Waals surface area contributed by atoms with E-state index in [1.807, 2.05) is 0 Å². The summed E-state index contributed by atoms with van der Waals surface area (Å²) in [6.45, 7) is -0.676. The molecule has 1 aliphatic carbocycles. The molecule has 3 rings (SSSR count). The van der Waals surface area contributed by atoms with E-state index in [1.54, 1.807) is 6.20 Å². The number of aliphatic hydroxyl groups excluding tert-OH is 1. The normalized spacial score (nSPS) is 23.6. The molecule has 2 aromatic heterocycles. The quantitative estimate of drug-likeness (QED) is 0.274. The van der Waals surface area contributed by atoms with Gasteiger partial charge in [0, 0.05) is 11.6 Å². The van der Waals surface area contributed by atoms with Gasteiger partial charge in [-0.3, -0.25) is 23.7 Å². The van der Waals surface area contributed by atoms with E-state index in [4.69, 9.17) is 21.1 Å². The lowest BCUT2D eigenvalue weighted by molar-refractivity contribution is -0.138. The average molecular weight is 414 g/mol. The highest BCUT2D eigenvalue weighted by molar-refractivity contribution is 7.52. The van der Waals surface area contributed by atoms with Gasteiger partial charge in [0.1, 0.15) is 12.4 Å². The number of hydrogen-bond acceptors (Lipinski definition) is 9. The smallest absolute Gasteiger partial charge is 0.330 e. The summed E-state index contributed by atoms with van der Waals surface area (Å²) in [5.41, 5.74) is 10.4. The highest BCUT2D eigenvalue weighted by atomic mass is 31.2. The molecule has 0 aliphatic heterocycles. The zero-order valence-electron chi connectivity index (χ0n) is 14.5. The summed E-state index contributed by atoms with van der Waals surface area (Å²) in [4.78, 5) is 42.6. The number of carbonyl (C=O) groups is 1. The van der Waals surface area contributed by atoms with Crippen molar-refractivity contribution in [2.45, 2.75) is 12.5 Å². The lowest BCUT2D eigenvalue weighted by atomic mass is 10.1. The van der Waals surface area contributed by atoms with Crippen LogP contribution in [0.25, 0.3) is 17.4 Å². The molecular formula is C14H19N6O7P. The van der Waals surface area contributed by atoms with Crippen LogP contribution in [0.15, 0.2) is 16.7 Å². The van der Waals surface area contributed by atoms with Gasteiger partial charge in [-0.05, 0) is 12.0 Å². The predicted octanol–water partition coefficient (Wildman–Crippen LogP) is -1.46. The molecule has 2 aromatic rings. The third-order valence-corrected chi connectivity index (χ3v) is 5.81. The number of aliphatic carboxylic acids is 1. The van der Waals surface area contributed by atoms with Crippen molar-refractivity contribution in [2.75, 3.05) is 25.1 Å². The monoisotopic (exact) mass is 414 g/mol. The molecule has 1 unspecified atom stereocenters. The van der Waals surface area contributed by atoms with Crippen LogP contribution in [0.4, 0.5) is 5.95 Å². The molecule has 0 saturated heterocycles. The van der Waals surface area contributed by atoms with Crippen LogP contribution in [0.3, 0.4) is 0 Å². The molecular weight excluding hydrogens is 395 g/mol. The molecule has 0 amide bonds. The van der Waals surface area contributed by atoms with E-state index in [9.17, 15) is 24.2 Å². The van der Waals surface area contributed by atoms with Gasteiger partial charge in [-0.1, -0.05) is 0 Å². The number of hydrogen-bond donors (Lipinski definition) is 6. The van der Waals surface area contributed by atoms with Gasteiger partial charge < -0.3 is 31.1 Å². The van der Waals surface area contributed by atoms with Gasteiger partial charge in [0.15, 0.2) is 11.2 Å². The Labute approximate surface area is 157 Å². The summed E-state index contributed by atoms with van der Waals surface area (Å²) in [7, 11) is -4.26. The van der Waals surface area contributed by atoms with Crippen LogP contribution < -0.4 is 17.0 Å². The summed E-state index contributed by atoms with van der Waals surface area (Å²) in [6.07, 6.45) is 2.53. The third kappa shape index (κ3) is 3.98. The zero-order valence-corrected chi connectivity index (χ0v) is 15.4. The lowest BCUT2D eigenvalue weighted by Crippen LogP contribution is -2.34. The van der Waals surface area contributed by atoms with Gasteiger partial charge in [-0.2, -0.15) is 4.98 Å². The van der Waals surface area contributed by atoms with Crippen molar-refractivity contribution in [3.63, 3.8) is 0 Å². The van der Waals surface area contributed by atoms with Crippen LogP contribution in [-0.4, -0.2) is 66.0 Å². The second kappa shape index (κ2) is 7.11. The van der Waals surface area contributed by atoms with Gasteiger partial charge in [0.2, 0.25) is 5.95 Å². The first-order valence-electron chi connectivity index (χ1n) is 8.06. The molecule has 1 saturated carbocycles. The molecule has 0 spiro atoms. The number of aliphatic hydroxyl groups is 1. The standard InChI is InChI=1S/C14H19N6O7P/c15-8(12(23)24)3-28(25,26)27-5-14(4-21)1-7(14)2-20-6-17-9-10(20)18-13(16)19-11(9)22/h2,6,8,21H,1,3-5,15H2,(H,23,24)(H,25,26)(H3,16,18,19,22)/b7-2-/t8-,14-/m0/s1. The van der Waals surface area contributed by atoms with Crippen molar-refractivity contribution in [3.8, 4) is 0 Å². The highest BCUT2D eigenvalue weighted by Crippen LogP contribution is 2.55. The Morgan fingerprint density at radius 3 is 2.93 bits per heavy atom. The van der Waals surface area contributed by atoms with E-state index < -0.39 is 36.7 Å². The van der Waals surface area contributed by atoms with E-state index in [-0.39, 0.29) is 30.3 Å². The molecule has 28 heavy (non-hydrogen) atoms. The summed E-state index contributed by atoms with van der Waals surface area (Å²) in [5.74, 6) is -1.50. The molecule has 8 N–H and O–H groups in total. The van der Waals surface area contributed by atoms with E-state index in [1.165, 1.54) is 10.9 Å². The summed E-state index contributed by atoms with van der Waals surface area (Å²) < 4.78 is 18.5. The highest BCUT2D eigenvalue weighted by Gasteiger charge is 2.50. The minimum atomic E-state index is -4.26. The Bertz CT molecular complexity index is 1060. The van der Waals surface area contributed by atoms with Gasteiger partial charge in [-0.25, -0.2) is 4.98 Å². The summed E-state index contributed by atoms with van der Waals surface area (Å²) in [6, 6.07) is -1.54.